The van der Waals surface area contributed by atoms with Crippen LogP contribution in [-0.4, -0.2) is 35.2 Å². The van der Waals surface area contributed by atoms with Crippen LogP contribution in [0.5, 0.6) is 0 Å². The fourth-order valence-electron chi connectivity index (χ4n) is 3.88. The first-order valence-electron chi connectivity index (χ1n) is 8.82. The van der Waals surface area contributed by atoms with Gasteiger partial charge in [-0.2, -0.15) is 0 Å². The molecular formula is C19H29ClN2OS. The summed E-state index contributed by atoms with van der Waals surface area (Å²) in [6.07, 6.45) is 5.37. The summed E-state index contributed by atoms with van der Waals surface area (Å²) in [5.41, 5.74) is 6.09. The van der Waals surface area contributed by atoms with Crippen molar-refractivity contribution in [2.75, 3.05) is 18.8 Å². The zero-order valence-electron chi connectivity index (χ0n) is 14.4. The van der Waals surface area contributed by atoms with E-state index in [9.17, 15) is 4.79 Å². The highest BCUT2D eigenvalue weighted by atomic mass is 35.5. The maximum Gasteiger partial charge on any atom is 0.227 e. The molecule has 1 heterocycles. The number of benzene rings is 1. The Morgan fingerprint density at radius 2 is 2.04 bits per heavy atom. The third-order valence-corrected chi connectivity index (χ3v) is 6.62. The van der Waals surface area contributed by atoms with E-state index in [0.29, 0.717) is 11.8 Å². The average molecular weight is 369 g/mol. The third-order valence-electron chi connectivity index (χ3n) is 5.38. The summed E-state index contributed by atoms with van der Waals surface area (Å²) in [5.74, 6) is 2.04. The minimum atomic E-state index is -0.313. The van der Waals surface area contributed by atoms with E-state index in [1.165, 1.54) is 4.90 Å². The van der Waals surface area contributed by atoms with Crippen molar-refractivity contribution in [1.29, 1.82) is 0 Å². The second-order valence-electron chi connectivity index (χ2n) is 7.37. The van der Waals surface area contributed by atoms with Crippen LogP contribution in [0.4, 0.5) is 0 Å². The third kappa shape index (κ3) is 4.68. The lowest BCUT2D eigenvalue weighted by atomic mass is 9.74. The lowest BCUT2D eigenvalue weighted by molar-refractivity contribution is -0.137. The second-order valence-corrected chi connectivity index (χ2v) is 8.46. The Kier molecular flexibility index (Phi) is 7.02. The van der Waals surface area contributed by atoms with E-state index in [4.69, 9.17) is 5.73 Å². The lowest BCUT2D eigenvalue weighted by Crippen LogP contribution is -2.53. The molecule has 1 aliphatic heterocycles. The molecule has 1 aromatic carbocycles. The van der Waals surface area contributed by atoms with E-state index < -0.39 is 0 Å². The topological polar surface area (TPSA) is 46.3 Å². The molecule has 0 aromatic heterocycles. The average Bonchev–Trinajstić information content (AvgIpc) is 3.02. The first kappa shape index (κ1) is 19.6. The maximum atomic E-state index is 12.9. The minimum absolute atomic E-state index is 0. The van der Waals surface area contributed by atoms with Gasteiger partial charge in [-0.05, 0) is 44.2 Å². The molecule has 2 N–H and O–H groups in total. The molecule has 3 rings (SSSR count). The summed E-state index contributed by atoms with van der Waals surface area (Å²) >= 11 is 1.90. The van der Waals surface area contributed by atoms with Gasteiger partial charge in [0.25, 0.3) is 0 Å². The number of amides is 1. The van der Waals surface area contributed by atoms with E-state index in [1.54, 1.807) is 0 Å². The first-order valence-corrected chi connectivity index (χ1v) is 9.80. The van der Waals surface area contributed by atoms with Gasteiger partial charge in [-0.3, -0.25) is 4.79 Å². The Morgan fingerprint density at radius 3 is 2.75 bits per heavy atom. The monoisotopic (exact) mass is 368 g/mol. The van der Waals surface area contributed by atoms with Gasteiger partial charge in [-0.1, -0.05) is 31.0 Å². The fraction of sp³-hybridized carbons (Fsp3) is 0.632. The molecule has 3 nitrogen and oxygen atoms in total. The molecule has 3 atom stereocenters. The first-order chi connectivity index (χ1) is 11.1. The van der Waals surface area contributed by atoms with Gasteiger partial charge >= 0.3 is 0 Å². The van der Waals surface area contributed by atoms with E-state index in [1.807, 2.05) is 17.8 Å². The Morgan fingerprint density at radius 1 is 1.29 bits per heavy atom. The number of halogens is 1. The summed E-state index contributed by atoms with van der Waals surface area (Å²) in [7, 11) is 0. The van der Waals surface area contributed by atoms with Crippen molar-refractivity contribution in [3.63, 3.8) is 0 Å². The number of nitrogens with two attached hydrogens (primary N) is 1. The van der Waals surface area contributed by atoms with Gasteiger partial charge in [0, 0.05) is 29.3 Å². The van der Waals surface area contributed by atoms with Crippen molar-refractivity contribution in [2.24, 2.45) is 17.6 Å². The molecule has 0 bridgehead atoms. The summed E-state index contributed by atoms with van der Waals surface area (Å²) < 4.78 is 0. The molecule has 1 amide bonds. The summed E-state index contributed by atoms with van der Waals surface area (Å²) in [4.78, 5) is 16.3. The Balaban J connectivity index is 0.00000208. The van der Waals surface area contributed by atoms with E-state index in [0.717, 1.165) is 50.9 Å². The molecule has 1 aromatic rings. The smallest absolute Gasteiger partial charge is 0.227 e. The maximum absolute atomic E-state index is 12.9. The molecule has 3 unspecified atom stereocenters. The van der Waals surface area contributed by atoms with Crippen LogP contribution >= 0.6 is 24.2 Å². The van der Waals surface area contributed by atoms with E-state index in [2.05, 4.69) is 36.1 Å². The van der Waals surface area contributed by atoms with Crippen molar-refractivity contribution >= 4 is 30.1 Å². The van der Waals surface area contributed by atoms with Crippen LogP contribution in [0.15, 0.2) is 35.2 Å². The van der Waals surface area contributed by atoms with Crippen molar-refractivity contribution in [3.05, 3.63) is 30.3 Å². The summed E-state index contributed by atoms with van der Waals surface area (Å²) in [6, 6.07) is 10.5. The molecule has 1 saturated heterocycles. The number of carbonyl (C=O) groups excluding carboxylic acids is 1. The number of nitrogens with zero attached hydrogens (tertiary/aromatic N) is 1. The number of likely N-dealkylation sites (tertiary alicyclic amines) is 1. The Labute approximate surface area is 156 Å². The Bertz CT molecular complexity index is 537. The molecular weight excluding hydrogens is 340 g/mol. The minimum Gasteiger partial charge on any atom is -0.342 e. The fourth-order valence-corrected chi connectivity index (χ4v) is 4.93. The van der Waals surface area contributed by atoms with Gasteiger partial charge in [0.2, 0.25) is 5.91 Å². The normalized spacial score (nSPS) is 30.0. The van der Waals surface area contributed by atoms with Crippen LogP contribution < -0.4 is 5.73 Å². The molecule has 1 aliphatic carbocycles. The summed E-state index contributed by atoms with van der Waals surface area (Å²) in [6.45, 7) is 3.88. The van der Waals surface area contributed by atoms with Crippen molar-refractivity contribution in [1.82, 2.24) is 4.90 Å². The van der Waals surface area contributed by atoms with Crippen LogP contribution in [-0.2, 0) is 4.79 Å². The van der Waals surface area contributed by atoms with Crippen LogP contribution in [0.3, 0.4) is 0 Å². The molecule has 2 fully saturated rings. The molecule has 1 saturated carbocycles. The lowest BCUT2D eigenvalue weighted by Gasteiger charge is -2.39. The van der Waals surface area contributed by atoms with E-state index >= 15 is 0 Å². The second kappa shape index (κ2) is 8.59. The number of rotatable bonds is 4. The number of thioether (sulfide) groups is 1. The van der Waals surface area contributed by atoms with Gasteiger partial charge in [-0.25, -0.2) is 0 Å². The summed E-state index contributed by atoms with van der Waals surface area (Å²) in [5, 5.41) is 0. The highest BCUT2D eigenvalue weighted by Gasteiger charge is 2.41. The number of carbonyl (C=O) groups is 1. The molecule has 24 heavy (non-hydrogen) atoms. The van der Waals surface area contributed by atoms with Crippen molar-refractivity contribution in [2.45, 2.75) is 49.5 Å². The predicted octanol–water partition coefficient (Wildman–Crippen LogP) is 3.96. The van der Waals surface area contributed by atoms with Crippen molar-refractivity contribution in [3.8, 4) is 0 Å². The predicted molar refractivity (Wildman–Crippen MR) is 104 cm³/mol. The van der Waals surface area contributed by atoms with Crippen LogP contribution in [0, 0.1) is 11.8 Å². The van der Waals surface area contributed by atoms with Crippen LogP contribution in [0.25, 0.3) is 0 Å². The molecule has 0 spiro atoms. The highest BCUT2D eigenvalue weighted by molar-refractivity contribution is 7.99. The molecule has 134 valence electrons. The number of hydrogen-bond donors (Lipinski definition) is 1. The Hall–Kier alpha value is -0.710. The van der Waals surface area contributed by atoms with Crippen LogP contribution in [0.1, 0.15) is 39.0 Å². The quantitative estimate of drug-likeness (QED) is 0.818. The van der Waals surface area contributed by atoms with Crippen molar-refractivity contribution < 1.29 is 4.79 Å². The number of hydrogen-bond acceptors (Lipinski definition) is 3. The van der Waals surface area contributed by atoms with Gasteiger partial charge in [0.05, 0.1) is 5.92 Å². The van der Waals surface area contributed by atoms with E-state index in [-0.39, 0.29) is 23.9 Å². The van der Waals surface area contributed by atoms with Gasteiger partial charge < -0.3 is 10.6 Å². The van der Waals surface area contributed by atoms with Gasteiger partial charge in [0.1, 0.15) is 0 Å². The highest BCUT2D eigenvalue weighted by Crippen LogP contribution is 2.34. The SMILES string of the molecule is CC1(N)CCCCC1C(=O)N1CCC(CSc2ccccc2)C1.Cl. The standard InChI is InChI=1S/C19H28N2OS.ClH/c1-19(20)11-6-5-9-17(19)18(22)21-12-10-15(13-21)14-23-16-7-3-2-4-8-16;/h2-4,7-8,15,17H,5-6,9-14,20H2,1H3;1H. The molecule has 5 heteroatoms. The molecule has 2 aliphatic rings. The van der Waals surface area contributed by atoms with Gasteiger partial charge in [0.15, 0.2) is 0 Å². The molecule has 0 radical (unpaired) electrons. The van der Waals surface area contributed by atoms with Gasteiger partial charge in [-0.15, -0.1) is 24.2 Å². The zero-order chi connectivity index (χ0) is 16.3. The largest absolute Gasteiger partial charge is 0.342 e. The van der Waals surface area contributed by atoms with Crippen LogP contribution in [0.2, 0.25) is 0 Å². The zero-order valence-corrected chi connectivity index (χ0v) is 16.1.